The van der Waals surface area contributed by atoms with Crippen LogP contribution in [-0.4, -0.2) is 19.8 Å². The van der Waals surface area contributed by atoms with Crippen LogP contribution < -0.4 is 5.73 Å². The highest BCUT2D eigenvalue weighted by Gasteiger charge is 2.45. The first-order valence-corrected chi connectivity index (χ1v) is 6.11. The van der Waals surface area contributed by atoms with Gasteiger partial charge in [-0.1, -0.05) is 36.7 Å². The van der Waals surface area contributed by atoms with Gasteiger partial charge in [0.15, 0.2) is 0 Å². The average molecular weight is 240 g/mol. The van der Waals surface area contributed by atoms with Crippen LogP contribution in [0.15, 0.2) is 24.3 Å². The smallest absolute Gasteiger partial charge is 0.0588 e. The Labute approximate surface area is 102 Å². The number of ether oxygens (including phenoxy) is 1. The van der Waals surface area contributed by atoms with Crippen molar-refractivity contribution < 1.29 is 4.74 Å². The van der Waals surface area contributed by atoms with E-state index in [9.17, 15) is 0 Å². The van der Waals surface area contributed by atoms with Gasteiger partial charge in [0.1, 0.15) is 0 Å². The molecule has 0 aromatic heterocycles. The summed E-state index contributed by atoms with van der Waals surface area (Å²) >= 11 is 6.28. The van der Waals surface area contributed by atoms with E-state index in [1.807, 2.05) is 18.2 Å². The van der Waals surface area contributed by atoms with Crippen LogP contribution in [0.3, 0.4) is 0 Å². The predicted molar refractivity (Wildman–Crippen MR) is 66.8 cm³/mol. The molecule has 1 saturated heterocycles. The quantitative estimate of drug-likeness (QED) is 0.877. The topological polar surface area (TPSA) is 35.2 Å². The molecule has 0 radical (unpaired) electrons. The van der Waals surface area contributed by atoms with Gasteiger partial charge in [-0.2, -0.15) is 0 Å². The molecule has 1 heterocycles. The fraction of sp³-hybridized carbons (Fsp3) is 0.538. The Morgan fingerprint density at radius 2 is 2.12 bits per heavy atom. The third kappa shape index (κ3) is 1.86. The summed E-state index contributed by atoms with van der Waals surface area (Å²) in [6, 6.07) is 8.06. The van der Waals surface area contributed by atoms with E-state index >= 15 is 0 Å². The molecule has 0 saturated carbocycles. The highest BCUT2D eigenvalue weighted by atomic mass is 35.5. The Balaban J connectivity index is 2.31. The summed E-state index contributed by atoms with van der Waals surface area (Å²) in [6.45, 7) is 4.47. The second-order valence-electron chi connectivity index (χ2n) is 4.61. The van der Waals surface area contributed by atoms with E-state index in [2.05, 4.69) is 13.0 Å². The lowest BCUT2D eigenvalue weighted by atomic mass is 9.68. The van der Waals surface area contributed by atoms with Crippen LogP contribution in [0.2, 0.25) is 5.02 Å². The fourth-order valence-corrected chi connectivity index (χ4v) is 2.74. The molecular weight excluding hydrogens is 222 g/mol. The lowest BCUT2D eigenvalue weighted by molar-refractivity contribution is -0.0882. The van der Waals surface area contributed by atoms with Gasteiger partial charge in [0, 0.05) is 10.4 Å². The maximum atomic E-state index is 6.28. The molecule has 1 aromatic rings. The molecule has 1 aliphatic rings. The molecule has 3 heteroatoms. The summed E-state index contributed by atoms with van der Waals surface area (Å²) < 4.78 is 5.42. The van der Waals surface area contributed by atoms with Gasteiger partial charge in [0.25, 0.3) is 0 Å². The summed E-state index contributed by atoms with van der Waals surface area (Å²) in [4.78, 5) is 0. The fourth-order valence-electron chi connectivity index (χ4n) is 2.42. The van der Waals surface area contributed by atoms with Gasteiger partial charge < -0.3 is 10.5 Å². The molecule has 2 N–H and O–H groups in total. The molecule has 0 aliphatic carbocycles. The Morgan fingerprint density at radius 3 is 2.62 bits per heavy atom. The van der Waals surface area contributed by atoms with Crippen LogP contribution in [0.5, 0.6) is 0 Å². The van der Waals surface area contributed by atoms with Crippen molar-refractivity contribution in [1.82, 2.24) is 0 Å². The number of halogens is 1. The largest absolute Gasteiger partial charge is 0.379 e. The third-order valence-corrected chi connectivity index (χ3v) is 4.00. The summed E-state index contributed by atoms with van der Waals surface area (Å²) in [5.41, 5.74) is 6.94. The van der Waals surface area contributed by atoms with Crippen molar-refractivity contribution in [1.29, 1.82) is 0 Å². The number of nitrogens with two attached hydrogens (primary N) is 1. The molecule has 16 heavy (non-hydrogen) atoms. The van der Waals surface area contributed by atoms with E-state index in [4.69, 9.17) is 22.1 Å². The van der Waals surface area contributed by atoms with E-state index in [0.717, 1.165) is 24.7 Å². The van der Waals surface area contributed by atoms with Crippen LogP contribution in [0.4, 0.5) is 0 Å². The van der Waals surface area contributed by atoms with E-state index in [1.165, 1.54) is 5.56 Å². The van der Waals surface area contributed by atoms with Crippen molar-refractivity contribution in [2.45, 2.75) is 18.8 Å². The Morgan fingerprint density at radius 1 is 1.44 bits per heavy atom. The van der Waals surface area contributed by atoms with Crippen LogP contribution in [-0.2, 0) is 10.2 Å². The second kappa shape index (κ2) is 4.74. The number of rotatable bonds is 4. The molecule has 0 bridgehead atoms. The van der Waals surface area contributed by atoms with Gasteiger partial charge in [-0.25, -0.2) is 0 Å². The van der Waals surface area contributed by atoms with Crippen molar-refractivity contribution in [2.75, 3.05) is 19.8 Å². The summed E-state index contributed by atoms with van der Waals surface area (Å²) in [5, 5.41) is 0.842. The average Bonchev–Trinajstić information content (AvgIpc) is 2.19. The normalized spacial score (nSPS) is 20.2. The molecule has 2 rings (SSSR count). The zero-order valence-electron chi connectivity index (χ0n) is 9.58. The van der Waals surface area contributed by atoms with Gasteiger partial charge in [-0.05, 0) is 30.5 Å². The molecule has 1 aromatic carbocycles. The summed E-state index contributed by atoms with van der Waals surface area (Å²) in [6.07, 6.45) is 1.01. The molecule has 1 unspecified atom stereocenters. The van der Waals surface area contributed by atoms with Crippen molar-refractivity contribution in [3.05, 3.63) is 34.9 Å². The van der Waals surface area contributed by atoms with E-state index < -0.39 is 0 Å². The van der Waals surface area contributed by atoms with E-state index in [1.54, 1.807) is 0 Å². The second-order valence-corrected chi connectivity index (χ2v) is 5.01. The van der Waals surface area contributed by atoms with Crippen molar-refractivity contribution >= 4 is 11.6 Å². The van der Waals surface area contributed by atoms with E-state index in [-0.39, 0.29) is 5.41 Å². The zero-order chi connectivity index (χ0) is 11.6. The number of hydrogen-bond donors (Lipinski definition) is 1. The third-order valence-electron chi connectivity index (χ3n) is 3.67. The number of benzene rings is 1. The van der Waals surface area contributed by atoms with Crippen LogP contribution in [0.1, 0.15) is 18.9 Å². The predicted octanol–water partition coefficient (Wildman–Crippen LogP) is 2.59. The SMILES string of the molecule is CC(CCN)C1(c2ccccc2Cl)COC1. The first-order chi connectivity index (χ1) is 7.70. The molecule has 1 fully saturated rings. The highest BCUT2D eigenvalue weighted by Crippen LogP contribution is 2.43. The van der Waals surface area contributed by atoms with Gasteiger partial charge in [0.05, 0.1) is 13.2 Å². The minimum atomic E-state index is 0.0811. The Kier molecular flexibility index (Phi) is 3.53. The minimum Gasteiger partial charge on any atom is -0.379 e. The van der Waals surface area contributed by atoms with Crippen LogP contribution in [0, 0.1) is 5.92 Å². The standard InChI is InChI=1S/C13H18ClNO/c1-10(6-7-15)13(8-16-9-13)11-4-2-3-5-12(11)14/h2-5,10H,6-9,15H2,1H3. The molecule has 1 aliphatic heterocycles. The number of hydrogen-bond acceptors (Lipinski definition) is 2. The molecule has 0 spiro atoms. The van der Waals surface area contributed by atoms with Crippen molar-refractivity contribution in [3.63, 3.8) is 0 Å². The van der Waals surface area contributed by atoms with Crippen LogP contribution in [0.25, 0.3) is 0 Å². The summed E-state index contributed by atoms with van der Waals surface area (Å²) in [5.74, 6) is 0.506. The molecular formula is C13H18ClNO. The Hall–Kier alpha value is -0.570. The van der Waals surface area contributed by atoms with Gasteiger partial charge in [0.2, 0.25) is 0 Å². The zero-order valence-corrected chi connectivity index (χ0v) is 10.3. The van der Waals surface area contributed by atoms with E-state index in [0.29, 0.717) is 12.5 Å². The molecule has 1 atom stereocenters. The molecule has 88 valence electrons. The monoisotopic (exact) mass is 239 g/mol. The molecule has 2 nitrogen and oxygen atoms in total. The lowest BCUT2D eigenvalue weighted by Gasteiger charge is -2.47. The highest BCUT2D eigenvalue weighted by molar-refractivity contribution is 6.31. The van der Waals surface area contributed by atoms with Crippen LogP contribution >= 0.6 is 11.6 Å². The first-order valence-electron chi connectivity index (χ1n) is 5.73. The van der Waals surface area contributed by atoms with Gasteiger partial charge in [-0.15, -0.1) is 0 Å². The molecule has 0 amide bonds. The Bertz CT molecular complexity index is 363. The lowest BCUT2D eigenvalue weighted by Crippen LogP contribution is -2.52. The maximum Gasteiger partial charge on any atom is 0.0588 e. The van der Waals surface area contributed by atoms with Gasteiger partial charge >= 0.3 is 0 Å². The maximum absolute atomic E-state index is 6.28. The first kappa shape index (κ1) is 11.9. The minimum absolute atomic E-state index is 0.0811. The van der Waals surface area contributed by atoms with Crippen molar-refractivity contribution in [2.24, 2.45) is 11.7 Å². The van der Waals surface area contributed by atoms with Crippen molar-refractivity contribution in [3.8, 4) is 0 Å². The summed E-state index contributed by atoms with van der Waals surface area (Å²) in [7, 11) is 0. The van der Waals surface area contributed by atoms with Gasteiger partial charge in [-0.3, -0.25) is 0 Å².